The number of carbonyl (C=O) groups is 1. The number of nitrogens with one attached hydrogen (secondary N) is 1. The van der Waals surface area contributed by atoms with Gasteiger partial charge in [0.05, 0.1) is 18.2 Å². The van der Waals surface area contributed by atoms with Crippen molar-refractivity contribution in [2.75, 3.05) is 19.6 Å². The van der Waals surface area contributed by atoms with E-state index in [-0.39, 0.29) is 23.1 Å². The number of aromatic hydroxyl groups is 2. The number of phenols is 2. The molecule has 1 amide bonds. The predicted octanol–water partition coefficient (Wildman–Crippen LogP) is 0.816. The fraction of sp³-hybridized carbons (Fsp3) is 0.429. The maximum absolute atomic E-state index is 12.0. The summed E-state index contributed by atoms with van der Waals surface area (Å²) in [5, 5.41) is 30.5. The first-order chi connectivity index (χ1) is 9.60. The van der Waals surface area contributed by atoms with Crippen LogP contribution in [0.5, 0.6) is 11.5 Å². The molecule has 6 heteroatoms. The van der Waals surface area contributed by atoms with E-state index in [1.807, 2.05) is 4.90 Å². The third-order valence-corrected chi connectivity index (χ3v) is 3.44. The van der Waals surface area contributed by atoms with E-state index >= 15 is 0 Å². The highest BCUT2D eigenvalue weighted by molar-refractivity contribution is 5.97. The maximum atomic E-state index is 12.0. The molecule has 1 fully saturated rings. The number of carbonyl (C=O) groups excluding carboxylic acids is 1. The lowest BCUT2D eigenvalue weighted by atomic mass is 10.0. The largest absolute Gasteiger partial charge is 0.508 e. The summed E-state index contributed by atoms with van der Waals surface area (Å²) in [6, 6.07) is 6.00. The Bertz CT molecular complexity index is 531. The van der Waals surface area contributed by atoms with Gasteiger partial charge >= 0.3 is 0 Å². The lowest BCUT2D eigenvalue weighted by Crippen LogP contribution is -2.44. The van der Waals surface area contributed by atoms with Gasteiger partial charge in [-0.2, -0.15) is 5.26 Å². The van der Waals surface area contributed by atoms with Crippen LogP contribution >= 0.6 is 0 Å². The van der Waals surface area contributed by atoms with E-state index in [0.29, 0.717) is 6.54 Å². The van der Waals surface area contributed by atoms with Gasteiger partial charge in [-0.25, -0.2) is 0 Å². The molecule has 0 aromatic heterocycles. The number of nitrogens with zero attached hydrogens (tertiary/aromatic N) is 2. The smallest absolute Gasteiger partial charge is 0.255 e. The average molecular weight is 275 g/mol. The number of amides is 1. The first kappa shape index (κ1) is 14.2. The number of benzene rings is 1. The van der Waals surface area contributed by atoms with Crippen LogP contribution in [-0.4, -0.2) is 46.7 Å². The van der Waals surface area contributed by atoms with Crippen LogP contribution in [0.1, 0.15) is 23.2 Å². The Morgan fingerprint density at radius 1 is 1.40 bits per heavy atom. The molecule has 1 heterocycles. The summed E-state index contributed by atoms with van der Waals surface area (Å²) in [5.41, 5.74) is 0.0736. The minimum atomic E-state index is -0.392. The Balaban J connectivity index is 1.93. The number of piperidine rings is 1. The minimum Gasteiger partial charge on any atom is -0.508 e. The van der Waals surface area contributed by atoms with E-state index in [1.165, 1.54) is 18.2 Å². The summed E-state index contributed by atoms with van der Waals surface area (Å²) in [6.45, 7) is 1.95. The van der Waals surface area contributed by atoms with E-state index < -0.39 is 5.91 Å². The zero-order chi connectivity index (χ0) is 14.5. The van der Waals surface area contributed by atoms with Gasteiger partial charge in [-0.05, 0) is 31.0 Å². The molecular formula is C14H17N3O3. The quantitative estimate of drug-likeness (QED) is 0.560. The summed E-state index contributed by atoms with van der Waals surface area (Å²) in [6.07, 6.45) is 1.54. The second-order valence-corrected chi connectivity index (χ2v) is 4.88. The molecule has 3 N–H and O–H groups in total. The van der Waals surface area contributed by atoms with Gasteiger partial charge in [-0.15, -0.1) is 0 Å². The minimum absolute atomic E-state index is 0.0270. The standard InChI is InChI=1S/C14H17N3O3/c15-5-8-17-6-3-10(4-7-17)16-14(20)12-9-11(18)1-2-13(12)19/h1-2,9-10,18-19H,3-4,6-8H2,(H,16,20). The average Bonchev–Trinajstić information content (AvgIpc) is 2.44. The second kappa shape index (κ2) is 6.26. The molecule has 0 atom stereocenters. The van der Waals surface area contributed by atoms with Gasteiger partial charge < -0.3 is 15.5 Å². The van der Waals surface area contributed by atoms with Crippen molar-refractivity contribution in [3.63, 3.8) is 0 Å². The first-order valence-corrected chi connectivity index (χ1v) is 6.52. The van der Waals surface area contributed by atoms with Crippen molar-refractivity contribution in [3.05, 3.63) is 23.8 Å². The van der Waals surface area contributed by atoms with Gasteiger partial charge in [-0.1, -0.05) is 0 Å². The fourth-order valence-electron chi connectivity index (χ4n) is 2.30. The molecule has 1 aliphatic rings. The Morgan fingerprint density at radius 3 is 2.75 bits per heavy atom. The van der Waals surface area contributed by atoms with Crippen LogP contribution in [0.4, 0.5) is 0 Å². The third kappa shape index (κ3) is 3.39. The van der Waals surface area contributed by atoms with Crippen molar-refractivity contribution in [3.8, 4) is 17.6 Å². The number of hydrogen-bond acceptors (Lipinski definition) is 5. The van der Waals surface area contributed by atoms with Gasteiger partial charge in [-0.3, -0.25) is 9.69 Å². The molecule has 1 saturated heterocycles. The zero-order valence-corrected chi connectivity index (χ0v) is 11.0. The van der Waals surface area contributed by atoms with E-state index in [2.05, 4.69) is 11.4 Å². The van der Waals surface area contributed by atoms with Crippen LogP contribution in [0, 0.1) is 11.3 Å². The molecule has 0 aliphatic carbocycles. The zero-order valence-electron chi connectivity index (χ0n) is 11.0. The SMILES string of the molecule is N#CCN1CCC(NC(=O)c2cc(O)ccc2O)CC1. The number of rotatable bonds is 3. The number of phenolic OH excluding ortho intramolecular Hbond substituents is 2. The van der Waals surface area contributed by atoms with Crippen molar-refractivity contribution in [2.24, 2.45) is 0 Å². The highest BCUT2D eigenvalue weighted by atomic mass is 16.3. The van der Waals surface area contributed by atoms with Crippen molar-refractivity contribution < 1.29 is 15.0 Å². The van der Waals surface area contributed by atoms with Crippen molar-refractivity contribution >= 4 is 5.91 Å². The second-order valence-electron chi connectivity index (χ2n) is 4.88. The van der Waals surface area contributed by atoms with Crippen LogP contribution in [0.3, 0.4) is 0 Å². The van der Waals surface area contributed by atoms with E-state index in [1.54, 1.807) is 0 Å². The molecule has 6 nitrogen and oxygen atoms in total. The predicted molar refractivity (Wildman–Crippen MR) is 72.3 cm³/mol. The summed E-state index contributed by atoms with van der Waals surface area (Å²) >= 11 is 0. The van der Waals surface area contributed by atoms with Crippen molar-refractivity contribution in [1.29, 1.82) is 5.26 Å². The van der Waals surface area contributed by atoms with Crippen LogP contribution < -0.4 is 5.32 Å². The molecular weight excluding hydrogens is 258 g/mol. The van der Waals surface area contributed by atoms with Crippen LogP contribution in [0.25, 0.3) is 0 Å². The molecule has 0 bridgehead atoms. The Kier molecular flexibility index (Phi) is 4.43. The monoisotopic (exact) mass is 275 g/mol. The van der Waals surface area contributed by atoms with Crippen LogP contribution in [0.15, 0.2) is 18.2 Å². The van der Waals surface area contributed by atoms with E-state index in [4.69, 9.17) is 5.26 Å². The van der Waals surface area contributed by atoms with Gasteiger partial charge in [0.2, 0.25) is 0 Å². The molecule has 0 radical (unpaired) electrons. The van der Waals surface area contributed by atoms with Crippen LogP contribution in [0.2, 0.25) is 0 Å². The molecule has 1 aromatic rings. The highest BCUT2D eigenvalue weighted by Gasteiger charge is 2.22. The summed E-state index contributed by atoms with van der Waals surface area (Å²) in [4.78, 5) is 14.1. The third-order valence-electron chi connectivity index (χ3n) is 3.44. The summed E-state index contributed by atoms with van der Waals surface area (Å²) in [5.74, 6) is -0.601. The van der Waals surface area contributed by atoms with Gasteiger partial charge in [0.1, 0.15) is 11.5 Å². The van der Waals surface area contributed by atoms with Gasteiger partial charge in [0, 0.05) is 19.1 Å². The molecule has 0 spiro atoms. The Morgan fingerprint density at radius 2 is 2.10 bits per heavy atom. The lowest BCUT2D eigenvalue weighted by Gasteiger charge is -2.30. The molecule has 1 aromatic carbocycles. The fourth-order valence-corrected chi connectivity index (χ4v) is 2.30. The molecule has 0 saturated carbocycles. The lowest BCUT2D eigenvalue weighted by molar-refractivity contribution is 0.0911. The topological polar surface area (TPSA) is 96.6 Å². The van der Waals surface area contributed by atoms with Crippen molar-refractivity contribution in [1.82, 2.24) is 10.2 Å². The maximum Gasteiger partial charge on any atom is 0.255 e. The highest BCUT2D eigenvalue weighted by Crippen LogP contribution is 2.22. The van der Waals surface area contributed by atoms with Crippen molar-refractivity contribution in [2.45, 2.75) is 18.9 Å². The van der Waals surface area contributed by atoms with Gasteiger partial charge in [0.15, 0.2) is 0 Å². The Hall–Kier alpha value is -2.26. The number of nitriles is 1. The normalized spacial score (nSPS) is 16.6. The van der Waals surface area contributed by atoms with Gasteiger partial charge in [0.25, 0.3) is 5.91 Å². The molecule has 2 rings (SSSR count). The Labute approximate surface area is 117 Å². The number of hydrogen-bond donors (Lipinski definition) is 3. The summed E-state index contributed by atoms with van der Waals surface area (Å²) < 4.78 is 0. The summed E-state index contributed by atoms with van der Waals surface area (Å²) in [7, 11) is 0. The van der Waals surface area contributed by atoms with E-state index in [0.717, 1.165) is 25.9 Å². The molecule has 0 unspecified atom stereocenters. The molecule has 106 valence electrons. The van der Waals surface area contributed by atoms with Crippen LogP contribution in [-0.2, 0) is 0 Å². The molecule has 1 aliphatic heterocycles. The first-order valence-electron chi connectivity index (χ1n) is 6.52. The molecule has 20 heavy (non-hydrogen) atoms. The number of likely N-dealkylation sites (tertiary alicyclic amines) is 1. The van der Waals surface area contributed by atoms with E-state index in [9.17, 15) is 15.0 Å².